The SMILES string of the molecule is Cc1cccc(C(=O)O)c1N1CCC[C@H]2CCCC[C@H]21. The highest BCUT2D eigenvalue weighted by Crippen LogP contribution is 2.39. The Labute approximate surface area is 120 Å². The minimum absolute atomic E-state index is 0.469. The summed E-state index contributed by atoms with van der Waals surface area (Å²) < 4.78 is 0. The van der Waals surface area contributed by atoms with E-state index in [4.69, 9.17) is 0 Å². The average molecular weight is 273 g/mol. The molecular formula is C17H23NO2. The first-order valence-corrected chi connectivity index (χ1v) is 7.78. The molecule has 20 heavy (non-hydrogen) atoms. The largest absolute Gasteiger partial charge is 0.478 e. The first-order valence-electron chi connectivity index (χ1n) is 7.78. The van der Waals surface area contributed by atoms with Gasteiger partial charge < -0.3 is 10.0 Å². The quantitative estimate of drug-likeness (QED) is 0.889. The number of carboxylic acid groups (broad SMARTS) is 1. The van der Waals surface area contributed by atoms with Gasteiger partial charge in [-0.15, -0.1) is 0 Å². The monoisotopic (exact) mass is 273 g/mol. The molecule has 1 aliphatic carbocycles. The fourth-order valence-corrected chi connectivity index (χ4v) is 4.12. The normalized spacial score (nSPS) is 26.1. The third-order valence-electron chi connectivity index (χ3n) is 5.00. The molecule has 0 aromatic heterocycles. The molecule has 0 amide bonds. The number of hydrogen-bond acceptors (Lipinski definition) is 2. The summed E-state index contributed by atoms with van der Waals surface area (Å²) in [6.07, 6.45) is 7.66. The molecular weight excluding hydrogens is 250 g/mol. The lowest BCUT2D eigenvalue weighted by molar-refractivity contribution is 0.0697. The van der Waals surface area contributed by atoms with Crippen LogP contribution in [0.4, 0.5) is 5.69 Å². The van der Waals surface area contributed by atoms with Crippen molar-refractivity contribution < 1.29 is 9.90 Å². The number of aryl methyl sites for hydroxylation is 1. The summed E-state index contributed by atoms with van der Waals surface area (Å²) in [7, 11) is 0. The van der Waals surface area contributed by atoms with Crippen molar-refractivity contribution >= 4 is 11.7 Å². The third kappa shape index (κ3) is 2.30. The zero-order valence-corrected chi connectivity index (χ0v) is 12.1. The predicted octanol–water partition coefficient (Wildman–Crippen LogP) is 3.85. The summed E-state index contributed by atoms with van der Waals surface area (Å²) in [4.78, 5) is 14.0. The summed E-state index contributed by atoms with van der Waals surface area (Å²) in [6, 6.07) is 6.19. The van der Waals surface area contributed by atoms with Gasteiger partial charge in [-0.25, -0.2) is 4.79 Å². The van der Waals surface area contributed by atoms with Crippen LogP contribution in [0.15, 0.2) is 18.2 Å². The van der Waals surface area contributed by atoms with Crippen molar-refractivity contribution in [2.24, 2.45) is 5.92 Å². The van der Waals surface area contributed by atoms with Crippen LogP contribution in [0.3, 0.4) is 0 Å². The van der Waals surface area contributed by atoms with E-state index in [2.05, 4.69) is 4.90 Å². The molecule has 0 bridgehead atoms. The Hall–Kier alpha value is -1.51. The maximum Gasteiger partial charge on any atom is 0.337 e. The van der Waals surface area contributed by atoms with Gasteiger partial charge in [-0.1, -0.05) is 25.0 Å². The van der Waals surface area contributed by atoms with Gasteiger partial charge in [-0.2, -0.15) is 0 Å². The van der Waals surface area contributed by atoms with Gasteiger partial charge in [-0.05, 0) is 50.2 Å². The molecule has 2 atom stereocenters. The Balaban J connectivity index is 2.00. The van der Waals surface area contributed by atoms with Gasteiger partial charge in [0.15, 0.2) is 0 Å². The molecule has 2 aliphatic rings. The molecule has 1 saturated carbocycles. The van der Waals surface area contributed by atoms with Crippen LogP contribution in [0.2, 0.25) is 0 Å². The fraction of sp³-hybridized carbons (Fsp3) is 0.588. The molecule has 1 aliphatic heterocycles. The molecule has 3 nitrogen and oxygen atoms in total. The van der Waals surface area contributed by atoms with Gasteiger partial charge in [0.05, 0.1) is 11.3 Å². The molecule has 1 aromatic rings. The predicted molar refractivity (Wildman–Crippen MR) is 80.5 cm³/mol. The average Bonchev–Trinajstić information content (AvgIpc) is 2.46. The van der Waals surface area contributed by atoms with E-state index in [0.29, 0.717) is 11.6 Å². The first kappa shape index (κ1) is 13.5. The maximum absolute atomic E-state index is 11.6. The molecule has 3 rings (SSSR count). The number of benzene rings is 1. The maximum atomic E-state index is 11.6. The molecule has 0 spiro atoms. The molecule has 0 unspecified atom stereocenters. The molecule has 1 saturated heterocycles. The molecule has 108 valence electrons. The standard InChI is InChI=1S/C17H23NO2/c1-12-6-4-9-14(17(19)20)16(12)18-11-5-8-13-7-2-3-10-15(13)18/h4,6,9,13,15H,2-3,5,7-8,10-11H2,1H3,(H,19,20)/t13-,15-/m1/s1. The van der Waals surface area contributed by atoms with Crippen molar-refractivity contribution in [2.75, 3.05) is 11.4 Å². The van der Waals surface area contributed by atoms with E-state index < -0.39 is 5.97 Å². The number of carbonyl (C=O) groups is 1. The van der Waals surface area contributed by atoms with Crippen LogP contribution in [0.1, 0.15) is 54.4 Å². The van der Waals surface area contributed by atoms with Crippen molar-refractivity contribution in [1.29, 1.82) is 0 Å². The highest BCUT2D eigenvalue weighted by molar-refractivity contribution is 5.95. The number of carboxylic acids is 1. The van der Waals surface area contributed by atoms with Crippen LogP contribution in [-0.4, -0.2) is 23.7 Å². The summed E-state index contributed by atoms with van der Waals surface area (Å²) in [6.45, 7) is 3.04. The summed E-state index contributed by atoms with van der Waals surface area (Å²) in [5.41, 5.74) is 2.53. The van der Waals surface area contributed by atoms with Crippen LogP contribution in [0.5, 0.6) is 0 Å². The van der Waals surface area contributed by atoms with Crippen molar-refractivity contribution in [1.82, 2.24) is 0 Å². The molecule has 0 radical (unpaired) electrons. The number of nitrogens with zero attached hydrogens (tertiary/aromatic N) is 1. The highest BCUT2D eigenvalue weighted by atomic mass is 16.4. The number of hydrogen-bond donors (Lipinski definition) is 1. The van der Waals surface area contributed by atoms with Crippen molar-refractivity contribution in [2.45, 2.75) is 51.5 Å². The first-order chi connectivity index (χ1) is 9.68. The van der Waals surface area contributed by atoms with Crippen LogP contribution in [0, 0.1) is 12.8 Å². The third-order valence-corrected chi connectivity index (χ3v) is 5.00. The number of rotatable bonds is 2. The summed E-state index contributed by atoms with van der Waals surface area (Å²) >= 11 is 0. The van der Waals surface area contributed by atoms with E-state index in [9.17, 15) is 9.90 Å². The van der Waals surface area contributed by atoms with Gasteiger partial charge in [0, 0.05) is 12.6 Å². The minimum atomic E-state index is -0.804. The van der Waals surface area contributed by atoms with Crippen LogP contribution in [-0.2, 0) is 0 Å². The van der Waals surface area contributed by atoms with Gasteiger partial charge in [0.25, 0.3) is 0 Å². The van der Waals surface area contributed by atoms with Crippen LogP contribution < -0.4 is 4.90 Å². The zero-order valence-electron chi connectivity index (χ0n) is 12.1. The zero-order chi connectivity index (χ0) is 14.1. The van der Waals surface area contributed by atoms with E-state index in [0.717, 1.165) is 23.7 Å². The second-order valence-electron chi connectivity index (χ2n) is 6.22. The molecule has 1 N–H and O–H groups in total. The second kappa shape index (κ2) is 5.47. The minimum Gasteiger partial charge on any atom is -0.478 e. The Morgan fingerprint density at radius 1 is 1.20 bits per heavy atom. The lowest BCUT2D eigenvalue weighted by Gasteiger charge is -2.46. The van der Waals surface area contributed by atoms with Crippen molar-refractivity contribution in [3.63, 3.8) is 0 Å². The number of anilines is 1. The number of para-hydroxylation sites is 1. The van der Waals surface area contributed by atoms with E-state index >= 15 is 0 Å². The lowest BCUT2D eigenvalue weighted by atomic mass is 9.78. The van der Waals surface area contributed by atoms with Crippen LogP contribution in [0.25, 0.3) is 0 Å². The van der Waals surface area contributed by atoms with Crippen molar-refractivity contribution in [3.05, 3.63) is 29.3 Å². The Bertz CT molecular complexity index is 510. The smallest absolute Gasteiger partial charge is 0.337 e. The topological polar surface area (TPSA) is 40.5 Å². The van der Waals surface area contributed by atoms with E-state index in [-0.39, 0.29) is 0 Å². The van der Waals surface area contributed by atoms with Gasteiger partial charge >= 0.3 is 5.97 Å². The number of piperidine rings is 1. The lowest BCUT2D eigenvalue weighted by Crippen LogP contribution is -2.47. The van der Waals surface area contributed by atoms with E-state index in [1.165, 1.54) is 38.5 Å². The van der Waals surface area contributed by atoms with E-state index in [1.54, 1.807) is 6.07 Å². The second-order valence-corrected chi connectivity index (χ2v) is 6.22. The van der Waals surface area contributed by atoms with Gasteiger partial charge in [0.2, 0.25) is 0 Å². The van der Waals surface area contributed by atoms with Crippen LogP contribution >= 0.6 is 0 Å². The van der Waals surface area contributed by atoms with E-state index in [1.807, 2.05) is 19.1 Å². The van der Waals surface area contributed by atoms with Crippen molar-refractivity contribution in [3.8, 4) is 0 Å². The molecule has 1 aromatic carbocycles. The number of aromatic carboxylic acids is 1. The highest BCUT2D eigenvalue weighted by Gasteiger charge is 2.35. The van der Waals surface area contributed by atoms with Gasteiger partial charge in [0.1, 0.15) is 0 Å². The Kier molecular flexibility index (Phi) is 3.68. The summed E-state index contributed by atoms with van der Waals surface area (Å²) in [5, 5.41) is 9.49. The molecule has 1 heterocycles. The summed E-state index contributed by atoms with van der Waals surface area (Å²) in [5.74, 6) is -0.0413. The van der Waals surface area contributed by atoms with Gasteiger partial charge in [-0.3, -0.25) is 0 Å². The number of fused-ring (bicyclic) bond motifs is 1. The molecule has 3 heteroatoms. The molecule has 2 fully saturated rings. The fourth-order valence-electron chi connectivity index (χ4n) is 4.12. The Morgan fingerprint density at radius 2 is 1.95 bits per heavy atom. The Morgan fingerprint density at radius 3 is 2.75 bits per heavy atom.